The number of benzene rings is 1. The van der Waals surface area contributed by atoms with Crippen molar-refractivity contribution >= 4 is 11.8 Å². The van der Waals surface area contributed by atoms with Crippen LogP contribution < -0.4 is 10.1 Å². The summed E-state index contributed by atoms with van der Waals surface area (Å²) >= 11 is 0. The SMILES string of the molecule is CNC(=O)[C@@H]1CCCCN1C(=O)c1cccc(OCc2c(C)noc2C)c1. The van der Waals surface area contributed by atoms with Gasteiger partial charge in [0.05, 0.1) is 11.3 Å². The molecule has 1 N–H and O–H groups in total. The molecule has 2 amide bonds. The summed E-state index contributed by atoms with van der Waals surface area (Å²) in [4.78, 5) is 26.8. The minimum absolute atomic E-state index is 0.117. The number of carbonyl (C=O) groups excluding carboxylic acids is 2. The van der Waals surface area contributed by atoms with Gasteiger partial charge in [0.1, 0.15) is 24.2 Å². The number of ether oxygens (including phenoxy) is 1. The predicted molar refractivity (Wildman–Crippen MR) is 99.5 cm³/mol. The minimum atomic E-state index is -0.414. The van der Waals surface area contributed by atoms with Gasteiger partial charge in [0.15, 0.2) is 0 Å². The first-order valence-corrected chi connectivity index (χ1v) is 9.18. The van der Waals surface area contributed by atoms with E-state index in [0.29, 0.717) is 30.9 Å². The van der Waals surface area contributed by atoms with Crippen LogP contribution in [0.1, 0.15) is 46.6 Å². The average Bonchev–Trinajstić information content (AvgIpc) is 3.03. The van der Waals surface area contributed by atoms with Crippen molar-refractivity contribution in [3.8, 4) is 5.75 Å². The van der Waals surface area contributed by atoms with Gasteiger partial charge in [0.25, 0.3) is 5.91 Å². The quantitative estimate of drug-likeness (QED) is 0.873. The van der Waals surface area contributed by atoms with Crippen LogP contribution in [0.15, 0.2) is 28.8 Å². The molecule has 1 saturated heterocycles. The number of carbonyl (C=O) groups is 2. The highest BCUT2D eigenvalue weighted by Crippen LogP contribution is 2.23. The number of nitrogens with one attached hydrogen (secondary N) is 1. The first-order valence-electron chi connectivity index (χ1n) is 9.18. The molecule has 0 unspecified atom stereocenters. The van der Waals surface area contributed by atoms with E-state index in [1.165, 1.54) is 0 Å². The summed E-state index contributed by atoms with van der Waals surface area (Å²) in [6.07, 6.45) is 2.54. The summed E-state index contributed by atoms with van der Waals surface area (Å²) < 4.78 is 11.0. The number of likely N-dealkylation sites (N-methyl/N-ethyl adjacent to an activating group) is 1. The van der Waals surface area contributed by atoms with Gasteiger partial charge in [-0.05, 0) is 51.3 Å². The van der Waals surface area contributed by atoms with Crippen LogP contribution in [-0.4, -0.2) is 41.5 Å². The van der Waals surface area contributed by atoms with Gasteiger partial charge in [-0.3, -0.25) is 9.59 Å². The highest BCUT2D eigenvalue weighted by Gasteiger charge is 2.32. The second-order valence-electron chi connectivity index (χ2n) is 6.74. The zero-order valence-corrected chi connectivity index (χ0v) is 15.9. The maximum Gasteiger partial charge on any atom is 0.254 e. The summed E-state index contributed by atoms with van der Waals surface area (Å²) in [6.45, 7) is 4.61. The monoisotopic (exact) mass is 371 g/mol. The van der Waals surface area contributed by atoms with Gasteiger partial charge in [0, 0.05) is 19.2 Å². The topological polar surface area (TPSA) is 84.7 Å². The van der Waals surface area contributed by atoms with Gasteiger partial charge in [0.2, 0.25) is 5.91 Å². The van der Waals surface area contributed by atoms with Crippen molar-refractivity contribution in [1.82, 2.24) is 15.4 Å². The number of rotatable bonds is 5. The molecule has 2 heterocycles. The molecular formula is C20H25N3O4. The highest BCUT2D eigenvalue weighted by atomic mass is 16.5. The Labute approximate surface area is 158 Å². The Morgan fingerprint density at radius 2 is 2.15 bits per heavy atom. The largest absolute Gasteiger partial charge is 0.489 e. The molecule has 0 spiro atoms. The zero-order valence-electron chi connectivity index (χ0n) is 15.9. The van der Waals surface area contributed by atoms with Crippen molar-refractivity contribution < 1.29 is 18.8 Å². The van der Waals surface area contributed by atoms with E-state index in [2.05, 4.69) is 10.5 Å². The molecule has 0 bridgehead atoms. The fraction of sp³-hybridized carbons (Fsp3) is 0.450. The Bertz CT molecular complexity index is 811. The number of likely N-dealkylation sites (tertiary alicyclic amines) is 1. The summed E-state index contributed by atoms with van der Waals surface area (Å²) in [5.41, 5.74) is 2.21. The van der Waals surface area contributed by atoms with Gasteiger partial charge < -0.3 is 19.5 Å². The lowest BCUT2D eigenvalue weighted by Crippen LogP contribution is -2.51. The van der Waals surface area contributed by atoms with Crippen LogP contribution in [0.2, 0.25) is 0 Å². The van der Waals surface area contributed by atoms with Crippen molar-refractivity contribution in [2.45, 2.75) is 45.8 Å². The number of aromatic nitrogens is 1. The maximum absolute atomic E-state index is 13.0. The normalized spacial score (nSPS) is 16.9. The molecule has 1 aliphatic heterocycles. The third-order valence-corrected chi connectivity index (χ3v) is 4.96. The molecular weight excluding hydrogens is 346 g/mol. The molecule has 7 nitrogen and oxygen atoms in total. The molecule has 0 saturated carbocycles. The van der Waals surface area contributed by atoms with E-state index < -0.39 is 6.04 Å². The van der Waals surface area contributed by atoms with Crippen LogP contribution in [0.3, 0.4) is 0 Å². The molecule has 0 aliphatic carbocycles. The van der Waals surface area contributed by atoms with Crippen LogP contribution in [0.4, 0.5) is 0 Å². The lowest BCUT2D eigenvalue weighted by Gasteiger charge is -2.34. The van der Waals surface area contributed by atoms with Crippen LogP contribution >= 0.6 is 0 Å². The summed E-state index contributed by atoms with van der Waals surface area (Å²) in [5.74, 6) is 1.05. The van der Waals surface area contributed by atoms with Gasteiger partial charge in [-0.15, -0.1) is 0 Å². The minimum Gasteiger partial charge on any atom is -0.489 e. The number of amides is 2. The Balaban J connectivity index is 1.74. The Kier molecular flexibility index (Phi) is 5.78. The number of aryl methyl sites for hydroxylation is 2. The molecule has 0 radical (unpaired) electrons. The van der Waals surface area contributed by atoms with Crippen LogP contribution in [0.25, 0.3) is 0 Å². The molecule has 2 aromatic rings. The lowest BCUT2D eigenvalue weighted by atomic mass is 10.00. The predicted octanol–water partition coefficient (Wildman–Crippen LogP) is 2.61. The standard InChI is InChI=1S/C20H25N3O4/c1-13-17(14(2)27-22-13)12-26-16-8-6-7-15(11-16)20(25)23-10-5-4-9-18(23)19(24)21-3/h6-8,11,18H,4-5,9-10,12H2,1-3H3,(H,21,24)/t18-/m0/s1. The number of hydrogen-bond acceptors (Lipinski definition) is 5. The first-order chi connectivity index (χ1) is 13.0. The first kappa shape index (κ1) is 18.9. The number of piperidine rings is 1. The summed E-state index contributed by atoms with van der Waals surface area (Å²) in [6, 6.07) is 6.65. The van der Waals surface area contributed by atoms with Crippen molar-refractivity contribution in [2.24, 2.45) is 0 Å². The number of hydrogen-bond donors (Lipinski definition) is 1. The number of nitrogens with zero attached hydrogens (tertiary/aromatic N) is 2. The van der Waals surface area contributed by atoms with E-state index >= 15 is 0 Å². The molecule has 27 heavy (non-hydrogen) atoms. The third-order valence-electron chi connectivity index (χ3n) is 4.96. The van der Waals surface area contributed by atoms with Crippen molar-refractivity contribution in [3.05, 3.63) is 46.8 Å². The Morgan fingerprint density at radius 3 is 2.85 bits per heavy atom. The smallest absolute Gasteiger partial charge is 0.254 e. The van der Waals surface area contributed by atoms with E-state index in [0.717, 1.165) is 29.9 Å². The van der Waals surface area contributed by atoms with Gasteiger partial charge in [-0.25, -0.2) is 0 Å². The van der Waals surface area contributed by atoms with Crippen LogP contribution in [-0.2, 0) is 11.4 Å². The molecule has 3 rings (SSSR count). The fourth-order valence-corrected chi connectivity index (χ4v) is 3.36. The molecule has 1 aromatic heterocycles. The van der Waals surface area contributed by atoms with Crippen molar-refractivity contribution in [3.63, 3.8) is 0 Å². The molecule has 1 aliphatic rings. The van der Waals surface area contributed by atoms with E-state index in [-0.39, 0.29) is 11.8 Å². The van der Waals surface area contributed by atoms with E-state index in [1.807, 2.05) is 13.8 Å². The fourth-order valence-electron chi connectivity index (χ4n) is 3.36. The van der Waals surface area contributed by atoms with Crippen molar-refractivity contribution in [2.75, 3.05) is 13.6 Å². The zero-order chi connectivity index (χ0) is 19.4. The molecule has 7 heteroatoms. The van der Waals surface area contributed by atoms with E-state index in [9.17, 15) is 9.59 Å². The summed E-state index contributed by atoms with van der Waals surface area (Å²) in [5, 5.41) is 6.57. The third kappa shape index (κ3) is 4.13. The second kappa shape index (κ2) is 8.24. The highest BCUT2D eigenvalue weighted by molar-refractivity contribution is 5.98. The Morgan fingerprint density at radius 1 is 1.33 bits per heavy atom. The van der Waals surface area contributed by atoms with Gasteiger partial charge in [-0.2, -0.15) is 0 Å². The maximum atomic E-state index is 13.0. The van der Waals surface area contributed by atoms with Gasteiger partial charge >= 0.3 is 0 Å². The van der Waals surface area contributed by atoms with Crippen LogP contribution in [0, 0.1) is 13.8 Å². The molecule has 1 fully saturated rings. The molecule has 144 valence electrons. The Hall–Kier alpha value is -2.83. The molecule has 1 aromatic carbocycles. The van der Waals surface area contributed by atoms with Crippen molar-refractivity contribution in [1.29, 1.82) is 0 Å². The van der Waals surface area contributed by atoms with Crippen LogP contribution in [0.5, 0.6) is 5.75 Å². The average molecular weight is 371 g/mol. The summed E-state index contributed by atoms with van der Waals surface area (Å²) in [7, 11) is 1.60. The van der Waals surface area contributed by atoms with E-state index in [1.54, 1.807) is 36.2 Å². The lowest BCUT2D eigenvalue weighted by molar-refractivity contribution is -0.126. The van der Waals surface area contributed by atoms with E-state index in [4.69, 9.17) is 9.26 Å². The second-order valence-corrected chi connectivity index (χ2v) is 6.74. The molecule has 1 atom stereocenters. The van der Waals surface area contributed by atoms with Gasteiger partial charge in [-0.1, -0.05) is 11.2 Å².